The standard InChI is InChI=1S/C17H22N4OS/c1-4-11-21(12-10-15-8-6-5-7-9-15)16(22)14(2)23-17-19-18-13-20(17)3/h4-9,13-14H,1,10-12H2,2-3H3/t14-/m1/s1. The van der Waals surface area contributed by atoms with Crippen LogP contribution in [-0.4, -0.2) is 43.9 Å². The quantitative estimate of drug-likeness (QED) is 0.551. The normalized spacial score (nSPS) is 11.9. The van der Waals surface area contributed by atoms with E-state index < -0.39 is 0 Å². The summed E-state index contributed by atoms with van der Waals surface area (Å²) >= 11 is 1.42. The summed E-state index contributed by atoms with van der Waals surface area (Å²) in [6, 6.07) is 10.2. The van der Waals surface area contributed by atoms with Crippen molar-refractivity contribution in [2.45, 2.75) is 23.8 Å². The predicted molar refractivity (Wildman–Crippen MR) is 93.2 cm³/mol. The van der Waals surface area contributed by atoms with Crippen LogP contribution in [0, 0.1) is 0 Å². The van der Waals surface area contributed by atoms with E-state index in [0.29, 0.717) is 13.1 Å². The van der Waals surface area contributed by atoms with Crippen molar-refractivity contribution in [3.8, 4) is 0 Å². The first-order valence-electron chi connectivity index (χ1n) is 7.56. The van der Waals surface area contributed by atoms with E-state index in [2.05, 4.69) is 28.9 Å². The van der Waals surface area contributed by atoms with Crippen LogP contribution in [0.25, 0.3) is 0 Å². The second kappa shape index (κ2) is 8.53. The molecule has 0 aliphatic carbocycles. The second-order valence-electron chi connectivity index (χ2n) is 5.29. The van der Waals surface area contributed by atoms with Gasteiger partial charge in [0.25, 0.3) is 0 Å². The molecule has 0 saturated carbocycles. The van der Waals surface area contributed by atoms with Gasteiger partial charge in [-0.25, -0.2) is 0 Å². The van der Waals surface area contributed by atoms with Gasteiger partial charge in [-0.05, 0) is 18.9 Å². The highest BCUT2D eigenvalue weighted by Crippen LogP contribution is 2.21. The average Bonchev–Trinajstić information content (AvgIpc) is 2.96. The van der Waals surface area contributed by atoms with Gasteiger partial charge in [0.1, 0.15) is 6.33 Å². The Morgan fingerprint density at radius 3 is 2.78 bits per heavy atom. The molecule has 0 unspecified atom stereocenters. The van der Waals surface area contributed by atoms with Crippen LogP contribution in [0.2, 0.25) is 0 Å². The lowest BCUT2D eigenvalue weighted by Crippen LogP contribution is -2.38. The Hall–Kier alpha value is -2.08. The van der Waals surface area contributed by atoms with E-state index in [0.717, 1.165) is 11.6 Å². The predicted octanol–water partition coefficient (Wildman–Crippen LogP) is 2.55. The Bertz CT molecular complexity index is 641. The Labute approximate surface area is 141 Å². The fourth-order valence-corrected chi connectivity index (χ4v) is 3.07. The fraction of sp³-hybridized carbons (Fsp3) is 0.353. The summed E-state index contributed by atoms with van der Waals surface area (Å²) in [5, 5.41) is 8.39. The number of hydrogen-bond donors (Lipinski definition) is 0. The molecular weight excluding hydrogens is 308 g/mol. The van der Waals surface area contributed by atoms with Gasteiger partial charge < -0.3 is 9.47 Å². The molecule has 23 heavy (non-hydrogen) atoms. The Kier molecular flexibility index (Phi) is 6.40. The number of aromatic nitrogens is 3. The maximum absolute atomic E-state index is 12.7. The molecule has 0 aliphatic heterocycles. The maximum atomic E-state index is 12.7. The molecular formula is C17H22N4OS. The van der Waals surface area contributed by atoms with Gasteiger partial charge in [-0.1, -0.05) is 48.2 Å². The minimum atomic E-state index is -0.214. The minimum Gasteiger partial charge on any atom is -0.338 e. The zero-order valence-corrected chi connectivity index (χ0v) is 14.4. The smallest absolute Gasteiger partial charge is 0.236 e. The highest BCUT2D eigenvalue weighted by atomic mass is 32.2. The van der Waals surface area contributed by atoms with E-state index >= 15 is 0 Å². The van der Waals surface area contributed by atoms with Crippen molar-refractivity contribution in [3.05, 3.63) is 54.9 Å². The molecule has 1 atom stereocenters. The van der Waals surface area contributed by atoms with Crippen molar-refractivity contribution >= 4 is 17.7 Å². The van der Waals surface area contributed by atoms with Crippen molar-refractivity contribution < 1.29 is 4.79 Å². The summed E-state index contributed by atoms with van der Waals surface area (Å²) in [7, 11) is 1.87. The van der Waals surface area contributed by atoms with E-state index in [-0.39, 0.29) is 11.2 Å². The molecule has 2 aromatic rings. The minimum absolute atomic E-state index is 0.0915. The number of carbonyl (C=O) groups excluding carboxylic acids is 1. The second-order valence-corrected chi connectivity index (χ2v) is 6.60. The molecule has 5 nitrogen and oxygen atoms in total. The summed E-state index contributed by atoms with van der Waals surface area (Å²) < 4.78 is 1.82. The first-order valence-corrected chi connectivity index (χ1v) is 8.44. The molecule has 6 heteroatoms. The monoisotopic (exact) mass is 330 g/mol. The van der Waals surface area contributed by atoms with Crippen LogP contribution in [0.4, 0.5) is 0 Å². The highest BCUT2D eigenvalue weighted by molar-refractivity contribution is 8.00. The third-order valence-electron chi connectivity index (χ3n) is 3.47. The van der Waals surface area contributed by atoms with E-state index in [1.807, 2.05) is 41.6 Å². The molecule has 0 fully saturated rings. The molecule has 122 valence electrons. The van der Waals surface area contributed by atoms with Crippen LogP contribution in [0.5, 0.6) is 0 Å². The summed E-state index contributed by atoms with van der Waals surface area (Å²) in [4.78, 5) is 14.5. The summed E-state index contributed by atoms with van der Waals surface area (Å²) in [5.74, 6) is 0.0915. The number of rotatable bonds is 8. The molecule has 1 aromatic heterocycles. The number of thioether (sulfide) groups is 1. The van der Waals surface area contributed by atoms with Crippen molar-refractivity contribution in [2.24, 2.45) is 7.05 Å². The Morgan fingerprint density at radius 2 is 2.17 bits per heavy atom. The largest absolute Gasteiger partial charge is 0.338 e. The topological polar surface area (TPSA) is 51.0 Å². The van der Waals surface area contributed by atoms with Crippen molar-refractivity contribution in [2.75, 3.05) is 13.1 Å². The molecule has 1 aromatic carbocycles. The zero-order chi connectivity index (χ0) is 16.7. The third-order valence-corrected chi connectivity index (χ3v) is 4.61. The fourth-order valence-electron chi connectivity index (χ4n) is 2.20. The lowest BCUT2D eigenvalue weighted by Gasteiger charge is -2.24. The van der Waals surface area contributed by atoms with Gasteiger partial charge in [-0.2, -0.15) is 0 Å². The molecule has 1 heterocycles. The first-order chi connectivity index (χ1) is 11.1. The van der Waals surface area contributed by atoms with Crippen molar-refractivity contribution in [1.82, 2.24) is 19.7 Å². The average molecular weight is 330 g/mol. The van der Waals surface area contributed by atoms with Gasteiger partial charge in [0.15, 0.2) is 5.16 Å². The van der Waals surface area contributed by atoms with Crippen LogP contribution in [0.1, 0.15) is 12.5 Å². The lowest BCUT2D eigenvalue weighted by atomic mass is 10.1. The van der Waals surface area contributed by atoms with Crippen LogP contribution in [-0.2, 0) is 18.3 Å². The molecule has 0 radical (unpaired) electrons. The number of aryl methyl sites for hydroxylation is 1. The number of hydrogen-bond acceptors (Lipinski definition) is 4. The van der Waals surface area contributed by atoms with Gasteiger partial charge in [-0.15, -0.1) is 16.8 Å². The molecule has 0 bridgehead atoms. The van der Waals surface area contributed by atoms with Crippen molar-refractivity contribution in [3.63, 3.8) is 0 Å². The third kappa shape index (κ3) is 4.96. The van der Waals surface area contributed by atoms with Crippen LogP contribution in [0.15, 0.2) is 54.5 Å². The molecule has 0 spiro atoms. The van der Waals surface area contributed by atoms with Crippen molar-refractivity contribution in [1.29, 1.82) is 0 Å². The maximum Gasteiger partial charge on any atom is 0.236 e. The van der Waals surface area contributed by atoms with E-state index in [4.69, 9.17) is 0 Å². The van der Waals surface area contributed by atoms with Gasteiger partial charge in [-0.3, -0.25) is 4.79 Å². The summed E-state index contributed by atoms with van der Waals surface area (Å²) in [6.45, 7) is 6.89. The highest BCUT2D eigenvalue weighted by Gasteiger charge is 2.22. The van der Waals surface area contributed by atoms with Gasteiger partial charge in [0.05, 0.1) is 5.25 Å². The molecule has 1 amide bonds. The molecule has 0 aliphatic rings. The van der Waals surface area contributed by atoms with Crippen LogP contribution < -0.4 is 0 Å². The Morgan fingerprint density at radius 1 is 1.43 bits per heavy atom. The zero-order valence-electron chi connectivity index (χ0n) is 13.6. The number of carbonyl (C=O) groups is 1. The van der Waals surface area contributed by atoms with Crippen LogP contribution in [0.3, 0.4) is 0 Å². The van der Waals surface area contributed by atoms with E-state index in [1.165, 1.54) is 17.3 Å². The molecule has 0 N–H and O–H groups in total. The van der Waals surface area contributed by atoms with Gasteiger partial charge in [0, 0.05) is 20.1 Å². The van der Waals surface area contributed by atoms with Gasteiger partial charge >= 0.3 is 0 Å². The number of nitrogens with zero attached hydrogens (tertiary/aromatic N) is 4. The SMILES string of the molecule is C=CCN(CCc1ccccc1)C(=O)[C@@H](C)Sc1nncn1C. The van der Waals surface area contributed by atoms with Gasteiger partial charge in [0.2, 0.25) is 5.91 Å². The Balaban J connectivity index is 1.96. The molecule has 0 saturated heterocycles. The number of amides is 1. The van der Waals surface area contributed by atoms with E-state index in [9.17, 15) is 4.79 Å². The number of benzene rings is 1. The lowest BCUT2D eigenvalue weighted by molar-refractivity contribution is -0.129. The van der Waals surface area contributed by atoms with E-state index in [1.54, 1.807) is 12.4 Å². The summed E-state index contributed by atoms with van der Waals surface area (Å²) in [6.07, 6.45) is 4.24. The molecule has 2 rings (SSSR count). The summed E-state index contributed by atoms with van der Waals surface area (Å²) in [5.41, 5.74) is 1.22. The van der Waals surface area contributed by atoms with Crippen LogP contribution >= 0.6 is 11.8 Å². The first kappa shape index (κ1) is 17.3.